The van der Waals surface area contributed by atoms with E-state index in [9.17, 15) is 4.79 Å². The van der Waals surface area contributed by atoms with Gasteiger partial charge in [-0.2, -0.15) is 0 Å². The summed E-state index contributed by atoms with van der Waals surface area (Å²) >= 11 is 0. The van der Waals surface area contributed by atoms with E-state index in [1.54, 1.807) is 12.4 Å². The molecule has 0 bridgehead atoms. The van der Waals surface area contributed by atoms with Gasteiger partial charge in [0, 0.05) is 42.9 Å². The molecule has 1 aliphatic carbocycles. The number of rotatable bonds is 3. The quantitative estimate of drug-likeness (QED) is 0.890. The number of carbonyl (C=O) groups is 1. The highest BCUT2D eigenvalue weighted by Gasteiger charge is 2.48. The number of nitrogens with one attached hydrogen (secondary N) is 1. The first kappa shape index (κ1) is 17.4. The average Bonchev–Trinajstić information content (AvgIpc) is 3.24. The molecule has 2 aromatic rings. The number of fused-ring (bicyclic) bond motifs is 3. The van der Waals surface area contributed by atoms with Gasteiger partial charge in [-0.1, -0.05) is 6.07 Å². The molecular weight excluding hydrogens is 352 g/mol. The maximum absolute atomic E-state index is 13.1. The number of aromatic nitrogens is 2. The molecule has 1 N–H and O–H groups in total. The van der Waals surface area contributed by atoms with Gasteiger partial charge in [0.15, 0.2) is 0 Å². The van der Waals surface area contributed by atoms with Crippen LogP contribution in [0.15, 0.2) is 36.7 Å². The molecule has 146 valence electrons. The molecule has 7 nitrogen and oxygen atoms in total. The molecule has 28 heavy (non-hydrogen) atoms. The molecule has 0 spiro atoms. The Balaban J connectivity index is 1.42. The number of pyridine rings is 2. The summed E-state index contributed by atoms with van der Waals surface area (Å²) in [7, 11) is 4.26. The number of amides is 2. The molecule has 3 atom stereocenters. The number of urea groups is 1. The van der Waals surface area contributed by atoms with Crippen molar-refractivity contribution in [2.24, 2.45) is 0 Å². The van der Waals surface area contributed by atoms with E-state index in [-0.39, 0.29) is 12.1 Å². The Morgan fingerprint density at radius 2 is 2.11 bits per heavy atom. The number of likely N-dealkylation sites (N-methyl/N-ethyl adjacent to an activating group) is 1. The monoisotopic (exact) mass is 378 g/mol. The summed E-state index contributed by atoms with van der Waals surface area (Å²) in [5, 5.41) is 2.98. The van der Waals surface area contributed by atoms with Gasteiger partial charge in [0.05, 0.1) is 11.9 Å². The molecule has 5 rings (SSSR count). The largest absolute Gasteiger partial charge is 0.355 e. The Bertz CT molecular complexity index is 886. The van der Waals surface area contributed by atoms with Gasteiger partial charge in [-0.15, -0.1) is 0 Å². The Morgan fingerprint density at radius 3 is 2.79 bits per heavy atom. The van der Waals surface area contributed by atoms with Crippen LogP contribution in [0, 0.1) is 0 Å². The smallest absolute Gasteiger partial charge is 0.327 e. The zero-order valence-electron chi connectivity index (χ0n) is 16.4. The van der Waals surface area contributed by atoms with E-state index in [0.717, 1.165) is 44.0 Å². The molecule has 2 fully saturated rings. The molecule has 0 radical (unpaired) electrons. The lowest BCUT2D eigenvalue weighted by Gasteiger charge is -2.35. The fourth-order valence-corrected chi connectivity index (χ4v) is 4.66. The second-order valence-corrected chi connectivity index (χ2v) is 8.23. The molecule has 1 saturated heterocycles. The number of hydrogen-bond donors (Lipinski definition) is 1. The first-order valence-corrected chi connectivity index (χ1v) is 10.0. The minimum absolute atomic E-state index is 0.112. The van der Waals surface area contributed by atoms with Crippen LogP contribution in [-0.4, -0.2) is 60.2 Å². The highest BCUT2D eigenvalue weighted by molar-refractivity contribution is 6.03. The second-order valence-electron chi connectivity index (χ2n) is 8.23. The molecule has 2 aromatic heterocycles. The van der Waals surface area contributed by atoms with Gasteiger partial charge >= 0.3 is 6.03 Å². The minimum atomic E-state index is -0.112. The van der Waals surface area contributed by atoms with Gasteiger partial charge < -0.3 is 15.1 Å². The third-order valence-corrected chi connectivity index (χ3v) is 6.44. The summed E-state index contributed by atoms with van der Waals surface area (Å²) < 4.78 is 0. The average molecular weight is 378 g/mol. The minimum Gasteiger partial charge on any atom is -0.355 e. The summed E-state index contributed by atoms with van der Waals surface area (Å²) in [5.41, 5.74) is 1.92. The molecule has 2 aliphatic heterocycles. The highest BCUT2D eigenvalue weighted by atomic mass is 16.2. The van der Waals surface area contributed by atoms with Crippen molar-refractivity contribution < 1.29 is 4.79 Å². The van der Waals surface area contributed by atoms with Crippen molar-refractivity contribution in [3.63, 3.8) is 0 Å². The SMILES string of the molecule is CN(C)[C@H]1CCN(c2ccc3c(n2)N(C(=O)Nc2cccnc2)C2CCC32)C1. The fraction of sp³-hybridized carbons (Fsp3) is 0.476. The summed E-state index contributed by atoms with van der Waals surface area (Å²) in [5.74, 6) is 2.23. The van der Waals surface area contributed by atoms with Gasteiger partial charge in [0.2, 0.25) is 0 Å². The van der Waals surface area contributed by atoms with E-state index < -0.39 is 0 Å². The van der Waals surface area contributed by atoms with Crippen LogP contribution in [0.25, 0.3) is 0 Å². The van der Waals surface area contributed by atoms with E-state index in [2.05, 4.69) is 46.3 Å². The Morgan fingerprint density at radius 1 is 1.21 bits per heavy atom. The van der Waals surface area contributed by atoms with E-state index in [0.29, 0.717) is 17.6 Å². The van der Waals surface area contributed by atoms with Crippen LogP contribution in [0.4, 0.5) is 22.1 Å². The second kappa shape index (κ2) is 6.74. The Hall–Kier alpha value is -2.67. The lowest BCUT2D eigenvalue weighted by atomic mass is 9.78. The molecule has 0 aromatic carbocycles. The van der Waals surface area contributed by atoms with Gasteiger partial charge in [-0.3, -0.25) is 9.88 Å². The lowest BCUT2D eigenvalue weighted by molar-refractivity contribution is 0.248. The summed E-state index contributed by atoms with van der Waals surface area (Å²) in [6, 6.07) is 8.67. The van der Waals surface area contributed by atoms with Crippen molar-refractivity contribution in [1.82, 2.24) is 14.9 Å². The van der Waals surface area contributed by atoms with E-state index in [1.807, 2.05) is 17.0 Å². The van der Waals surface area contributed by atoms with Gasteiger partial charge in [-0.25, -0.2) is 9.78 Å². The van der Waals surface area contributed by atoms with Crippen molar-refractivity contribution >= 4 is 23.4 Å². The van der Waals surface area contributed by atoms with E-state index >= 15 is 0 Å². The van der Waals surface area contributed by atoms with Crippen molar-refractivity contribution in [2.45, 2.75) is 37.3 Å². The maximum atomic E-state index is 13.1. The topological polar surface area (TPSA) is 64.6 Å². The van der Waals surface area contributed by atoms with Crippen LogP contribution in [0.3, 0.4) is 0 Å². The fourth-order valence-electron chi connectivity index (χ4n) is 4.66. The summed E-state index contributed by atoms with van der Waals surface area (Å²) in [6.07, 6.45) is 6.67. The van der Waals surface area contributed by atoms with E-state index in [4.69, 9.17) is 4.98 Å². The van der Waals surface area contributed by atoms with E-state index in [1.165, 1.54) is 5.56 Å². The third-order valence-electron chi connectivity index (χ3n) is 6.44. The zero-order valence-corrected chi connectivity index (χ0v) is 16.4. The van der Waals surface area contributed by atoms with Crippen molar-refractivity contribution in [1.29, 1.82) is 0 Å². The normalized spacial score (nSPS) is 25.5. The molecular formula is C21H26N6O. The predicted molar refractivity (Wildman–Crippen MR) is 110 cm³/mol. The van der Waals surface area contributed by atoms with Crippen LogP contribution in [0.2, 0.25) is 0 Å². The first-order valence-electron chi connectivity index (χ1n) is 10.0. The van der Waals surface area contributed by atoms with Crippen molar-refractivity contribution in [3.8, 4) is 0 Å². The maximum Gasteiger partial charge on any atom is 0.327 e. The summed E-state index contributed by atoms with van der Waals surface area (Å²) in [6.45, 7) is 1.98. The molecule has 7 heteroatoms. The van der Waals surface area contributed by atoms with Crippen molar-refractivity contribution in [2.75, 3.05) is 42.3 Å². The van der Waals surface area contributed by atoms with Crippen LogP contribution in [-0.2, 0) is 0 Å². The number of nitrogens with zero attached hydrogens (tertiary/aromatic N) is 5. The van der Waals surface area contributed by atoms with Gasteiger partial charge in [0.1, 0.15) is 11.6 Å². The highest BCUT2D eigenvalue weighted by Crippen LogP contribution is 2.51. The van der Waals surface area contributed by atoms with Gasteiger partial charge in [0.25, 0.3) is 0 Å². The molecule has 2 amide bonds. The Labute approximate surface area is 165 Å². The molecule has 3 aliphatic rings. The first-order chi connectivity index (χ1) is 13.6. The molecule has 1 saturated carbocycles. The number of hydrogen-bond acceptors (Lipinski definition) is 5. The van der Waals surface area contributed by atoms with Crippen LogP contribution in [0.1, 0.15) is 30.7 Å². The van der Waals surface area contributed by atoms with Gasteiger partial charge in [-0.05, 0) is 51.6 Å². The number of carbonyl (C=O) groups excluding carboxylic acids is 1. The lowest BCUT2D eigenvalue weighted by Crippen LogP contribution is -2.46. The molecule has 2 unspecified atom stereocenters. The zero-order chi connectivity index (χ0) is 19.3. The predicted octanol–water partition coefficient (Wildman–Crippen LogP) is 2.92. The van der Waals surface area contributed by atoms with Crippen LogP contribution >= 0.6 is 0 Å². The Kier molecular flexibility index (Phi) is 4.19. The number of anilines is 3. The van der Waals surface area contributed by atoms with Crippen LogP contribution < -0.4 is 15.1 Å². The standard InChI is InChI=1S/C21H26N6O/c1-25(2)15-9-11-26(13-15)19-8-6-17-16-5-7-18(16)27(20(17)24-19)21(28)23-14-4-3-10-22-12-14/h3-4,6,8,10,12,15-16,18H,5,7,9,11,13H2,1-2H3,(H,23,28)/t15-,16?,18?/m0/s1. The third kappa shape index (κ3) is 2.81. The summed E-state index contributed by atoms with van der Waals surface area (Å²) in [4.78, 5) is 28.6. The van der Waals surface area contributed by atoms with Crippen LogP contribution in [0.5, 0.6) is 0 Å². The van der Waals surface area contributed by atoms with Crippen molar-refractivity contribution in [3.05, 3.63) is 42.2 Å². The molecule has 4 heterocycles.